The van der Waals surface area contributed by atoms with Gasteiger partial charge in [-0.2, -0.15) is 11.8 Å². The van der Waals surface area contributed by atoms with Crippen molar-refractivity contribution in [1.29, 1.82) is 0 Å². The van der Waals surface area contributed by atoms with Gasteiger partial charge < -0.3 is 14.8 Å². The third-order valence-electron chi connectivity index (χ3n) is 2.03. The highest BCUT2D eigenvalue weighted by atomic mass is 32.2. The number of dihydropyridines is 1. The molecule has 0 radical (unpaired) electrons. The molecule has 0 saturated heterocycles. The van der Waals surface area contributed by atoms with E-state index in [0.29, 0.717) is 0 Å². The Kier molecular flexibility index (Phi) is 3.55. The summed E-state index contributed by atoms with van der Waals surface area (Å²) in [5, 5.41) is 18.5. The van der Waals surface area contributed by atoms with E-state index in [-0.39, 0.29) is 0 Å². The lowest BCUT2D eigenvalue weighted by atomic mass is 9.69. The molecule has 0 aromatic carbocycles. The maximum atomic E-state index is 9.26. The quantitative estimate of drug-likeness (QED) is 0.616. The molecule has 13 heavy (non-hydrogen) atoms. The van der Waals surface area contributed by atoms with Crippen molar-refractivity contribution in [3.05, 3.63) is 12.2 Å². The third-order valence-corrected chi connectivity index (χ3v) is 3.29. The Labute approximate surface area is 81.8 Å². The minimum atomic E-state index is -1.49. The number of thioether (sulfide) groups is 1. The van der Waals surface area contributed by atoms with Crippen LogP contribution in [0.15, 0.2) is 17.1 Å². The molecule has 0 amide bonds. The molecule has 0 aromatic rings. The predicted molar refractivity (Wildman–Crippen MR) is 54.9 cm³/mol. The largest absolute Gasteiger partial charge is 0.477 e. The molecule has 0 fully saturated rings. The number of rotatable bonds is 3. The van der Waals surface area contributed by atoms with Crippen molar-refractivity contribution in [2.45, 2.75) is 10.9 Å². The highest BCUT2D eigenvalue weighted by Crippen LogP contribution is 2.33. The van der Waals surface area contributed by atoms with E-state index in [4.69, 9.17) is 4.74 Å². The number of hydrogen-bond donors (Lipinski definition) is 2. The van der Waals surface area contributed by atoms with Crippen LogP contribution in [0.1, 0.15) is 0 Å². The lowest BCUT2D eigenvalue weighted by Gasteiger charge is -2.34. The van der Waals surface area contributed by atoms with Gasteiger partial charge in [0, 0.05) is 13.3 Å². The summed E-state index contributed by atoms with van der Waals surface area (Å²) in [6.45, 7) is 0. The number of methoxy groups -OCH3 is 1. The first-order valence-corrected chi connectivity index (χ1v) is 5.05. The second-order valence-electron chi connectivity index (χ2n) is 2.68. The summed E-state index contributed by atoms with van der Waals surface area (Å²) >= 11 is 1.31. The van der Waals surface area contributed by atoms with Crippen LogP contribution in [0.2, 0.25) is 0 Å². The van der Waals surface area contributed by atoms with Gasteiger partial charge in [-0.25, -0.2) is 0 Å². The van der Waals surface area contributed by atoms with Crippen molar-refractivity contribution < 1.29 is 14.8 Å². The Hall–Kier alpha value is -0.295. The molecule has 0 aliphatic carbocycles. The van der Waals surface area contributed by atoms with Gasteiger partial charge in [0.25, 0.3) is 0 Å². The number of hydrogen-bond acceptors (Lipinski definition) is 5. The van der Waals surface area contributed by atoms with E-state index in [1.54, 1.807) is 24.6 Å². The molecule has 2 N–H and O–H groups in total. The Morgan fingerprint density at radius 3 is 2.69 bits per heavy atom. The van der Waals surface area contributed by atoms with Crippen LogP contribution in [0.4, 0.5) is 0 Å². The van der Waals surface area contributed by atoms with E-state index in [2.05, 4.69) is 4.99 Å². The summed E-state index contributed by atoms with van der Waals surface area (Å²) in [6.07, 6.45) is 6.21. The van der Waals surface area contributed by atoms with Crippen molar-refractivity contribution >= 4 is 25.1 Å². The fraction of sp³-hybridized carbons (Fsp3) is 0.571. The average Bonchev–Trinajstić information content (AvgIpc) is 2.17. The minimum Gasteiger partial charge on any atom is -0.426 e. The Morgan fingerprint density at radius 1 is 1.62 bits per heavy atom. The van der Waals surface area contributed by atoms with Crippen molar-refractivity contribution in [3.63, 3.8) is 0 Å². The van der Waals surface area contributed by atoms with Crippen LogP contribution in [-0.2, 0) is 4.74 Å². The van der Waals surface area contributed by atoms with Gasteiger partial charge in [-0.1, -0.05) is 6.08 Å². The zero-order chi connectivity index (χ0) is 9.90. The van der Waals surface area contributed by atoms with Crippen LogP contribution < -0.4 is 0 Å². The summed E-state index contributed by atoms with van der Waals surface area (Å²) in [6, 6.07) is 0. The third kappa shape index (κ3) is 1.81. The first kappa shape index (κ1) is 10.8. The van der Waals surface area contributed by atoms with Crippen molar-refractivity contribution in [2.24, 2.45) is 4.99 Å². The zero-order valence-electron chi connectivity index (χ0n) is 7.54. The summed E-state index contributed by atoms with van der Waals surface area (Å²) < 4.78 is 4.18. The fourth-order valence-corrected chi connectivity index (χ4v) is 2.04. The highest BCUT2D eigenvalue weighted by Gasteiger charge is 2.47. The van der Waals surface area contributed by atoms with Gasteiger partial charge in [0.05, 0.1) is 0 Å². The topological polar surface area (TPSA) is 62.0 Å². The Morgan fingerprint density at radius 2 is 2.31 bits per heavy atom. The SMILES string of the molecule is COC1N=CC=CC1(SC)B(O)O. The molecule has 72 valence electrons. The molecule has 0 aromatic heterocycles. The molecule has 1 aliphatic heterocycles. The van der Waals surface area contributed by atoms with Crippen molar-refractivity contribution in [1.82, 2.24) is 0 Å². The van der Waals surface area contributed by atoms with Crippen LogP contribution in [0.25, 0.3) is 0 Å². The van der Waals surface area contributed by atoms with Crippen LogP contribution in [-0.4, -0.2) is 47.6 Å². The molecule has 6 heteroatoms. The van der Waals surface area contributed by atoms with Gasteiger partial charge in [-0.15, -0.1) is 0 Å². The molecule has 0 saturated carbocycles. The molecule has 2 unspecified atom stereocenters. The number of allylic oxidation sites excluding steroid dienone is 1. The van der Waals surface area contributed by atoms with E-state index >= 15 is 0 Å². The molecule has 1 rings (SSSR count). The van der Waals surface area contributed by atoms with E-state index in [9.17, 15) is 10.0 Å². The standard InChI is InChI=1S/C7H12BNO3S/c1-12-6-7(13-2,8(10)11)4-3-5-9-6/h3-6,10-11H,1-2H3. The Balaban J connectivity index is 2.95. The first-order valence-electron chi connectivity index (χ1n) is 3.82. The van der Waals surface area contributed by atoms with Crippen LogP contribution in [0.3, 0.4) is 0 Å². The minimum absolute atomic E-state index is 0.549. The second-order valence-corrected chi connectivity index (χ2v) is 3.79. The van der Waals surface area contributed by atoms with Gasteiger partial charge >= 0.3 is 7.12 Å². The first-order chi connectivity index (χ1) is 6.17. The van der Waals surface area contributed by atoms with Gasteiger partial charge in [0.2, 0.25) is 0 Å². The van der Waals surface area contributed by atoms with E-state index in [1.807, 2.05) is 0 Å². The number of ether oxygens (including phenoxy) is 1. The maximum absolute atomic E-state index is 9.26. The highest BCUT2D eigenvalue weighted by molar-refractivity contribution is 8.01. The summed E-state index contributed by atoms with van der Waals surface area (Å²) in [5.74, 6) is 0. The fourth-order valence-electron chi connectivity index (χ4n) is 1.25. The molecular formula is C7H12BNO3S. The lowest BCUT2D eigenvalue weighted by Crippen LogP contribution is -2.52. The smallest absolute Gasteiger partial charge is 0.426 e. The summed E-state index contributed by atoms with van der Waals surface area (Å²) in [4.78, 5) is 4.02. The van der Waals surface area contributed by atoms with Gasteiger partial charge in [-0.05, 0) is 12.3 Å². The maximum Gasteiger partial charge on any atom is 0.477 e. The molecule has 1 heterocycles. The van der Waals surface area contributed by atoms with Crippen molar-refractivity contribution in [2.75, 3.05) is 13.4 Å². The van der Waals surface area contributed by atoms with Crippen LogP contribution in [0, 0.1) is 0 Å². The van der Waals surface area contributed by atoms with Crippen molar-refractivity contribution in [3.8, 4) is 0 Å². The summed E-state index contributed by atoms with van der Waals surface area (Å²) in [7, 11) is 0.00951. The monoisotopic (exact) mass is 201 g/mol. The Bertz CT molecular complexity index is 234. The van der Waals surface area contributed by atoms with Gasteiger partial charge in [0.1, 0.15) is 4.65 Å². The second kappa shape index (κ2) is 4.28. The molecular weight excluding hydrogens is 189 g/mol. The molecule has 0 spiro atoms. The van der Waals surface area contributed by atoms with E-state index in [1.165, 1.54) is 18.9 Å². The molecule has 0 bridgehead atoms. The van der Waals surface area contributed by atoms with E-state index in [0.717, 1.165) is 0 Å². The summed E-state index contributed by atoms with van der Waals surface area (Å²) in [5.41, 5.74) is 0. The van der Waals surface area contributed by atoms with Crippen LogP contribution in [0.5, 0.6) is 0 Å². The number of aliphatic imine (C=N–C) groups is 1. The normalized spacial score (nSPS) is 32.2. The number of nitrogens with zero attached hydrogens (tertiary/aromatic N) is 1. The van der Waals surface area contributed by atoms with E-state index < -0.39 is 18.0 Å². The molecule has 2 atom stereocenters. The molecule has 1 aliphatic rings. The predicted octanol–water partition coefficient (Wildman–Crippen LogP) is -0.287. The molecule has 4 nitrogen and oxygen atoms in total. The van der Waals surface area contributed by atoms with Crippen LogP contribution >= 0.6 is 11.8 Å². The lowest BCUT2D eigenvalue weighted by molar-refractivity contribution is 0.0982. The zero-order valence-corrected chi connectivity index (χ0v) is 8.36. The van der Waals surface area contributed by atoms with Gasteiger partial charge in [-0.3, -0.25) is 4.99 Å². The van der Waals surface area contributed by atoms with Gasteiger partial charge in [0.15, 0.2) is 6.23 Å². The average molecular weight is 201 g/mol.